The van der Waals surface area contributed by atoms with Gasteiger partial charge in [0.15, 0.2) is 0 Å². The van der Waals surface area contributed by atoms with Crippen LogP contribution in [0.5, 0.6) is 0 Å². The zero-order valence-corrected chi connectivity index (χ0v) is 6.05. The van der Waals surface area contributed by atoms with Gasteiger partial charge in [0.05, 0.1) is 31.5 Å². The van der Waals surface area contributed by atoms with Crippen LogP contribution in [0.2, 0.25) is 0 Å². The highest BCUT2D eigenvalue weighted by atomic mass is 16.5. The minimum atomic E-state index is -0.717. The van der Waals surface area contributed by atoms with Crippen LogP contribution in [0.15, 0.2) is 12.3 Å². The third kappa shape index (κ3) is 1.71. The quantitative estimate of drug-likeness (QED) is 0.477. The van der Waals surface area contributed by atoms with Crippen molar-refractivity contribution in [3.63, 3.8) is 0 Å². The van der Waals surface area contributed by atoms with Gasteiger partial charge in [-0.2, -0.15) is 0 Å². The molecule has 1 aliphatic heterocycles. The largest absolute Gasteiger partial charge is 0.495 e. The maximum atomic E-state index is 9.23. The standard InChI is InChI=1S/C7H12O4/c8-3-5-6(10)1-2-11-7(5)4-9/h1-2,5-10H,3-4H2/t5-,6-,7-/m1/s1. The Bertz CT molecular complexity index is 145. The summed E-state index contributed by atoms with van der Waals surface area (Å²) in [7, 11) is 0. The lowest BCUT2D eigenvalue weighted by molar-refractivity contribution is -0.0468. The van der Waals surface area contributed by atoms with Crippen molar-refractivity contribution in [1.82, 2.24) is 0 Å². The van der Waals surface area contributed by atoms with E-state index in [1.54, 1.807) is 0 Å². The molecule has 4 nitrogen and oxygen atoms in total. The minimum Gasteiger partial charge on any atom is -0.495 e. The van der Waals surface area contributed by atoms with E-state index >= 15 is 0 Å². The second-order valence-electron chi connectivity index (χ2n) is 2.52. The van der Waals surface area contributed by atoms with Crippen molar-refractivity contribution in [2.24, 2.45) is 5.92 Å². The third-order valence-corrected chi connectivity index (χ3v) is 1.84. The number of ether oxygens (including phenoxy) is 1. The fraction of sp³-hybridized carbons (Fsp3) is 0.714. The molecule has 0 radical (unpaired) electrons. The van der Waals surface area contributed by atoms with E-state index in [9.17, 15) is 5.11 Å². The van der Waals surface area contributed by atoms with Crippen molar-refractivity contribution in [1.29, 1.82) is 0 Å². The van der Waals surface area contributed by atoms with Gasteiger partial charge in [0.2, 0.25) is 0 Å². The van der Waals surface area contributed by atoms with Gasteiger partial charge < -0.3 is 20.1 Å². The molecule has 4 heteroatoms. The molecule has 0 bridgehead atoms. The van der Waals surface area contributed by atoms with E-state index in [4.69, 9.17) is 14.9 Å². The summed E-state index contributed by atoms with van der Waals surface area (Å²) in [6.45, 7) is -0.372. The van der Waals surface area contributed by atoms with Crippen molar-refractivity contribution < 1.29 is 20.1 Å². The first-order chi connectivity index (χ1) is 5.29. The zero-order valence-electron chi connectivity index (χ0n) is 6.05. The van der Waals surface area contributed by atoms with E-state index in [-0.39, 0.29) is 13.2 Å². The van der Waals surface area contributed by atoms with Crippen LogP contribution in [0, 0.1) is 5.92 Å². The molecule has 1 aliphatic rings. The molecule has 0 aromatic carbocycles. The van der Waals surface area contributed by atoms with Gasteiger partial charge in [-0.25, -0.2) is 0 Å². The van der Waals surface area contributed by atoms with E-state index in [0.717, 1.165) is 0 Å². The summed E-state index contributed by atoms with van der Waals surface area (Å²) in [5.74, 6) is -0.412. The lowest BCUT2D eigenvalue weighted by Gasteiger charge is -2.29. The monoisotopic (exact) mass is 160 g/mol. The van der Waals surface area contributed by atoms with Crippen LogP contribution >= 0.6 is 0 Å². The molecule has 0 spiro atoms. The minimum absolute atomic E-state index is 0.184. The SMILES string of the molecule is OC[C@@H]1[C@H](O)C=CO[C@@H]1CO. The topological polar surface area (TPSA) is 69.9 Å². The van der Waals surface area contributed by atoms with E-state index < -0.39 is 18.1 Å². The Kier molecular flexibility index (Phi) is 2.87. The molecular weight excluding hydrogens is 148 g/mol. The predicted molar refractivity (Wildman–Crippen MR) is 37.7 cm³/mol. The summed E-state index contributed by atoms with van der Waals surface area (Å²) in [5, 5.41) is 26.7. The van der Waals surface area contributed by atoms with Gasteiger partial charge in [0, 0.05) is 0 Å². The van der Waals surface area contributed by atoms with Crippen LogP contribution in [0.4, 0.5) is 0 Å². The first-order valence-corrected chi connectivity index (χ1v) is 3.51. The van der Waals surface area contributed by atoms with Gasteiger partial charge in [-0.1, -0.05) is 0 Å². The fourth-order valence-corrected chi connectivity index (χ4v) is 1.09. The van der Waals surface area contributed by atoms with Gasteiger partial charge in [0.1, 0.15) is 6.10 Å². The first kappa shape index (κ1) is 8.52. The van der Waals surface area contributed by atoms with Crippen LogP contribution in [-0.4, -0.2) is 40.7 Å². The maximum Gasteiger partial charge on any atom is 0.129 e. The van der Waals surface area contributed by atoms with Gasteiger partial charge >= 0.3 is 0 Å². The molecular formula is C7H12O4. The van der Waals surface area contributed by atoms with Crippen molar-refractivity contribution in [2.45, 2.75) is 12.2 Å². The van der Waals surface area contributed by atoms with Gasteiger partial charge in [-0.15, -0.1) is 0 Å². The normalized spacial score (nSPS) is 36.8. The summed E-state index contributed by atoms with van der Waals surface area (Å²) < 4.78 is 4.95. The summed E-state index contributed by atoms with van der Waals surface area (Å²) >= 11 is 0. The number of hydrogen-bond donors (Lipinski definition) is 3. The van der Waals surface area contributed by atoms with Crippen LogP contribution in [0.3, 0.4) is 0 Å². The molecule has 0 saturated carbocycles. The number of hydrogen-bond acceptors (Lipinski definition) is 4. The highest BCUT2D eigenvalue weighted by molar-refractivity contribution is 4.95. The Labute approximate surface area is 64.7 Å². The summed E-state index contributed by atoms with van der Waals surface area (Å²) in [6.07, 6.45) is 1.59. The molecule has 11 heavy (non-hydrogen) atoms. The van der Waals surface area contributed by atoms with Crippen molar-refractivity contribution >= 4 is 0 Å². The molecule has 0 amide bonds. The molecule has 3 atom stereocenters. The molecule has 64 valence electrons. The van der Waals surface area contributed by atoms with Gasteiger partial charge in [-0.3, -0.25) is 0 Å². The summed E-state index contributed by atoms with van der Waals surface area (Å²) in [4.78, 5) is 0. The van der Waals surface area contributed by atoms with Crippen LogP contribution in [0.1, 0.15) is 0 Å². The van der Waals surface area contributed by atoms with E-state index in [1.807, 2.05) is 0 Å². The Morgan fingerprint density at radius 1 is 1.27 bits per heavy atom. The molecule has 1 rings (SSSR count). The lowest BCUT2D eigenvalue weighted by atomic mass is 9.95. The van der Waals surface area contributed by atoms with Crippen LogP contribution in [-0.2, 0) is 4.74 Å². The number of rotatable bonds is 2. The van der Waals surface area contributed by atoms with E-state index in [1.165, 1.54) is 12.3 Å². The lowest BCUT2D eigenvalue weighted by Crippen LogP contribution is -2.39. The maximum absolute atomic E-state index is 9.23. The van der Waals surface area contributed by atoms with Gasteiger partial charge in [-0.05, 0) is 6.08 Å². The zero-order chi connectivity index (χ0) is 8.27. The highest BCUT2D eigenvalue weighted by Gasteiger charge is 2.29. The van der Waals surface area contributed by atoms with Gasteiger partial charge in [0.25, 0.3) is 0 Å². The highest BCUT2D eigenvalue weighted by Crippen LogP contribution is 2.18. The molecule has 0 aromatic rings. The first-order valence-electron chi connectivity index (χ1n) is 3.51. The molecule has 0 aliphatic carbocycles. The summed E-state index contributed by atoms with van der Waals surface area (Å²) in [5.41, 5.74) is 0. The molecule has 0 fully saturated rings. The molecule has 1 heterocycles. The Morgan fingerprint density at radius 2 is 2.00 bits per heavy atom. The number of aliphatic hydroxyl groups excluding tert-OH is 3. The number of aliphatic hydroxyl groups is 3. The third-order valence-electron chi connectivity index (χ3n) is 1.84. The predicted octanol–water partition coefficient (Wildman–Crippen LogP) is -1.14. The average molecular weight is 160 g/mol. The Hall–Kier alpha value is -0.580. The van der Waals surface area contributed by atoms with Crippen molar-refractivity contribution in [2.75, 3.05) is 13.2 Å². The summed E-state index contributed by atoms with van der Waals surface area (Å²) in [6, 6.07) is 0. The molecule has 0 saturated heterocycles. The van der Waals surface area contributed by atoms with Crippen LogP contribution in [0.25, 0.3) is 0 Å². The Balaban J connectivity index is 2.60. The van der Waals surface area contributed by atoms with E-state index in [0.29, 0.717) is 0 Å². The average Bonchev–Trinajstić information content (AvgIpc) is 2.04. The second-order valence-corrected chi connectivity index (χ2v) is 2.52. The molecule has 3 N–H and O–H groups in total. The molecule has 0 unspecified atom stereocenters. The van der Waals surface area contributed by atoms with Crippen LogP contribution < -0.4 is 0 Å². The smallest absolute Gasteiger partial charge is 0.129 e. The Morgan fingerprint density at radius 3 is 2.45 bits per heavy atom. The van der Waals surface area contributed by atoms with Crippen molar-refractivity contribution in [3.8, 4) is 0 Å². The van der Waals surface area contributed by atoms with E-state index in [2.05, 4.69) is 0 Å². The molecule has 0 aromatic heterocycles. The van der Waals surface area contributed by atoms with Crippen molar-refractivity contribution in [3.05, 3.63) is 12.3 Å². The second kappa shape index (κ2) is 3.71. The fourth-order valence-electron chi connectivity index (χ4n) is 1.09.